The molecule has 1 aliphatic rings. The smallest absolute Gasteiger partial charge is 0.153 e. The second-order valence-electron chi connectivity index (χ2n) is 8.88. The third kappa shape index (κ3) is 6.23. The van der Waals surface area contributed by atoms with Crippen molar-refractivity contribution >= 4 is 11.6 Å². The highest BCUT2D eigenvalue weighted by Gasteiger charge is 2.22. The zero-order valence-electron chi connectivity index (χ0n) is 18.6. The topological polar surface area (TPSA) is 9.23 Å². The Balaban J connectivity index is 1.55. The van der Waals surface area contributed by atoms with Gasteiger partial charge in [-0.2, -0.15) is 0 Å². The number of halogens is 2. The van der Waals surface area contributed by atoms with Crippen LogP contribution in [-0.2, 0) is 6.42 Å². The standard InChI is InChI=1S/C27H36ClFO/c1-3-5-6-8-21-9-11-22(12-10-21)19-30-25-18-17-24(27(29)26(25)28)23-15-13-20(7-4-2)14-16-23/h13-18,21-22H,3-12,19H2,1-2H3/t21-,22-. The van der Waals surface area contributed by atoms with E-state index in [2.05, 4.69) is 26.0 Å². The van der Waals surface area contributed by atoms with E-state index < -0.39 is 5.82 Å². The molecule has 2 aromatic carbocycles. The van der Waals surface area contributed by atoms with E-state index >= 15 is 0 Å². The maximum Gasteiger partial charge on any atom is 0.153 e. The summed E-state index contributed by atoms with van der Waals surface area (Å²) in [5.74, 6) is 1.51. The molecule has 0 spiro atoms. The highest BCUT2D eigenvalue weighted by atomic mass is 35.5. The number of benzene rings is 2. The Morgan fingerprint density at radius 2 is 1.60 bits per heavy atom. The zero-order chi connectivity index (χ0) is 21.3. The molecule has 0 unspecified atom stereocenters. The number of hydrogen-bond donors (Lipinski definition) is 0. The van der Waals surface area contributed by atoms with E-state index in [1.807, 2.05) is 18.2 Å². The van der Waals surface area contributed by atoms with Crippen LogP contribution in [0, 0.1) is 17.7 Å². The van der Waals surface area contributed by atoms with E-state index in [1.165, 1.54) is 56.9 Å². The Kier molecular flexibility index (Phi) is 9.05. The van der Waals surface area contributed by atoms with Gasteiger partial charge in [-0.25, -0.2) is 4.39 Å². The summed E-state index contributed by atoms with van der Waals surface area (Å²) in [5, 5.41) is 0.0957. The fourth-order valence-corrected chi connectivity index (χ4v) is 4.80. The van der Waals surface area contributed by atoms with E-state index in [9.17, 15) is 4.39 Å². The largest absolute Gasteiger partial charge is 0.492 e. The highest BCUT2D eigenvalue weighted by molar-refractivity contribution is 6.32. The Bertz CT molecular complexity index is 778. The van der Waals surface area contributed by atoms with Crippen LogP contribution in [0.3, 0.4) is 0 Å². The van der Waals surface area contributed by atoms with Gasteiger partial charge in [-0.15, -0.1) is 0 Å². The van der Waals surface area contributed by atoms with Crippen LogP contribution in [0.25, 0.3) is 11.1 Å². The second kappa shape index (κ2) is 11.7. The lowest BCUT2D eigenvalue weighted by molar-refractivity contribution is 0.177. The van der Waals surface area contributed by atoms with Crippen molar-refractivity contribution in [2.45, 2.75) is 78.1 Å². The Hall–Kier alpha value is -1.54. The lowest BCUT2D eigenvalue weighted by atomic mass is 9.80. The number of hydrogen-bond acceptors (Lipinski definition) is 1. The van der Waals surface area contributed by atoms with E-state index in [0.29, 0.717) is 23.8 Å². The van der Waals surface area contributed by atoms with Gasteiger partial charge in [0, 0.05) is 5.56 Å². The number of rotatable bonds is 10. The first-order chi connectivity index (χ1) is 14.6. The van der Waals surface area contributed by atoms with Gasteiger partial charge in [0.15, 0.2) is 5.82 Å². The zero-order valence-corrected chi connectivity index (χ0v) is 19.3. The van der Waals surface area contributed by atoms with Crippen molar-refractivity contribution in [2.24, 2.45) is 11.8 Å². The molecule has 0 radical (unpaired) electrons. The third-order valence-electron chi connectivity index (χ3n) is 6.51. The second-order valence-corrected chi connectivity index (χ2v) is 9.26. The molecule has 1 fully saturated rings. The van der Waals surface area contributed by atoms with Crippen molar-refractivity contribution in [2.75, 3.05) is 6.61 Å². The van der Waals surface area contributed by atoms with Crippen LogP contribution < -0.4 is 4.74 Å². The molecule has 30 heavy (non-hydrogen) atoms. The number of aryl methyl sites for hydroxylation is 1. The van der Waals surface area contributed by atoms with Crippen LogP contribution in [0.1, 0.15) is 77.2 Å². The molecule has 0 N–H and O–H groups in total. The maximum absolute atomic E-state index is 14.9. The minimum absolute atomic E-state index is 0.0957. The normalized spacial score (nSPS) is 19.1. The van der Waals surface area contributed by atoms with Gasteiger partial charge in [0.25, 0.3) is 0 Å². The lowest BCUT2D eigenvalue weighted by Crippen LogP contribution is -2.20. The van der Waals surface area contributed by atoms with Crippen LogP contribution in [0.5, 0.6) is 5.75 Å². The molecule has 0 amide bonds. The van der Waals surface area contributed by atoms with E-state index in [1.54, 1.807) is 6.07 Å². The summed E-state index contributed by atoms with van der Waals surface area (Å²) in [6, 6.07) is 11.7. The fraction of sp³-hybridized carbons (Fsp3) is 0.556. The van der Waals surface area contributed by atoms with Crippen molar-refractivity contribution in [1.82, 2.24) is 0 Å². The average molecular weight is 431 g/mol. The predicted octanol–water partition coefficient (Wildman–Crippen LogP) is 8.86. The monoisotopic (exact) mass is 430 g/mol. The van der Waals surface area contributed by atoms with Crippen LogP contribution >= 0.6 is 11.6 Å². The number of unbranched alkanes of at least 4 members (excludes halogenated alkanes) is 2. The van der Waals surface area contributed by atoms with E-state index in [4.69, 9.17) is 16.3 Å². The summed E-state index contributed by atoms with van der Waals surface area (Å²) >= 11 is 6.34. The van der Waals surface area contributed by atoms with Gasteiger partial charge in [0.1, 0.15) is 10.8 Å². The van der Waals surface area contributed by atoms with Gasteiger partial charge < -0.3 is 4.74 Å². The van der Waals surface area contributed by atoms with E-state index in [0.717, 1.165) is 24.3 Å². The molecule has 0 aromatic heterocycles. The molecule has 0 heterocycles. The van der Waals surface area contributed by atoms with Crippen molar-refractivity contribution in [3.63, 3.8) is 0 Å². The molecule has 1 saturated carbocycles. The lowest BCUT2D eigenvalue weighted by Gasteiger charge is -2.28. The quantitative estimate of drug-likeness (QED) is 0.342. The van der Waals surface area contributed by atoms with Gasteiger partial charge in [-0.3, -0.25) is 0 Å². The molecule has 0 saturated heterocycles. The van der Waals surface area contributed by atoms with Gasteiger partial charge in [0.05, 0.1) is 6.61 Å². The molecule has 1 aliphatic carbocycles. The summed E-state index contributed by atoms with van der Waals surface area (Å²) in [7, 11) is 0. The van der Waals surface area contributed by atoms with Crippen LogP contribution in [0.15, 0.2) is 36.4 Å². The fourth-order valence-electron chi connectivity index (χ4n) is 4.58. The Labute approximate surface area is 187 Å². The maximum atomic E-state index is 14.9. The molecule has 164 valence electrons. The van der Waals surface area contributed by atoms with Gasteiger partial charge in [0.2, 0.25) is 0 Å². The molecule has 2 aromatic rings. The average Bonchev–Trinajstić information content (AvgIpc) is 2.77. The van der Waals surface area contributed by atoms with Crippen LogP contribution in [0.2, 0.25) is 5.02 Å². The third-order valence-corrected chi connectivity index (χ3v) is 6.86. The first-order valence-corrected chi connectivity index (χ1v) is 12.2. The molecule has 0 bridgehead atoms. The first kappa shape index (κ1) is 23.1. The summed E-state index contributed by atoms with van der Waals surface area (Å²) in [6.45, 7) is 5.05. The minimum Gasteiger partial charge on any atom is -0.492 e. The van der Waals surface area contributed by atoms with Crippen LogP contribution in [-0.4, -0.2) is 6.61 Å². The Morgan fingerprint density at radius 3 is 2.27 bits per heavy atom. The Morgan fingerprint density at radius 1 is 0.900 bits per heavy atom. The number of ether oxygens (including phenoxy) is 1. The van der Waals surface area contributed by atoms with E-state index in [-0.39, 0.29) is 5.02 Å². The summed E-state index contributed by atoms with van der Waals surface area (Å²) < 4.78 is 20.9. The minimum atomic E-state index is -0.392. The highest BCUT2D eigenvalue weighted by Crippen LogP contribution is 2.36. The van der Waals surface area contributed by atoms with Crippen molar-refractivity contribution in [1.29, 1.82) is 0 Å². The van der Waals surface area contributed by atoms with Crippen molar-refractivity contribution in [3.8, 4) is 16.9 Å². The predicted molar refractivity (Wildman–Crippen MR) is 126 cm³/mol. The van der Waals surface area contributed by atoms with Gasteiger partial charge in [-0.05, 0) is 54.4 Å². The molecule has 0 atom stereocenters. The first-order valence-electron chi connectivity index (χ1n) is 11.8. The molecule has 1 nitrogen and oxygen atoms in total. The van der Waals surface area contributed by atoms with Crippen molar-refractivity contribution in [3.05, 3.63) is 52.8 Å². The summed E-state index contributed by atoms with van der Waals surface area (Å²) in [5.41, 5.74) is 2.65. The molecular formula is C27H36ClFO. The SMILES string of the molecule is CCCCC[C@H]1CC[C@H](COc2ccc(-c3ccc(CCC)cc3)c(F)c2Cl)CC1. The van der Waals surface area contributed by atoms with Gasteiger partial charge >= 0.3 is 0 Å². The molecular weight excluding hydrogens is 395 g/mol. The summed E-state index contributed by atoms with van der Waals surface area (Å²) in [6.07, 6.45) is 12.5. The van der Waals surface area contributed by atoms with Crippen molar-refractivity contribution < 1.29 is 9.13 Å². The van der Waals surface area contributed by atoms with Crippen LogP contribution in [0.4, 0.5) is 4.39 Å². The molecule has 3 rings (SSSR count). The molecule has 3 heteroatoms. The van der Waals surface area contributed by atoms with Gasteiger partial charge in [-0.1, -0.05) is 94.7 Å². The molecule has 0 aliphatic heterocycles. The summed E-state index contributed by atoms with van der Waals surface area (Å²) in [4.78, 5) is 0.